The third kappa shape index (κ3) is 7.50. The minimum absolute atomic E-state index is 0.00180. The molecule has 27 heavy (non-hydrogen) atoms. The van der Waals surface area contributed by atoms with E-state index >= 15 is 0 Å². The molecule has 0 saturated heterocycles. The van der Waals surface area contributed by atoms with Crippen LogP contribution in [0.1, 0.15) is 22.3 Å². The summed E-state index contributed by atoms with van der Waals surface area (Å²) in [6, 6.07) is 16.1. The highest BCUT2D eigenvalue weighted by Crippen LogP contribution is 2.12. The predicted octanol–water partition coefficient (Wildman–Crippen LogP) is 2.83. The Bertz CT molecular complexity index is 799. The molecule has 2 aromatic carbocycles. The Labute approximate surface area is 166 Å². The molecule has 0 bridgehead atoms. The van der Waals surface area contributed by atoms with Gasteiger partial charge in [-0.15, -0.1) is 0 Å². The van der Waals surface area contributed by atoms with E-state index in [1.54, 1.807) is 36.4 Å². The number of carbonyl (C=O) groups is 2. The second kappa shape index (κ2) is 11.0. The average molecular weight is 430 g/mol. The number of nitrogens with one attached hydrogen (secondary N) is 2. The molecule has 2 N–H and O–H groups in total. The Morgan fingerprint density at radius 2 is 1.67 bits per heavy atom. The van der Waals surface area contributed by atoms with Crippen molar-refractivity contribution in [2.24, 2.45) is 0 Å². The summed E-state index contributed by atoms with van der Waals surface area (Å²) < 4.78 is 6.09. The first-order valence-corrected chi connectivity index (χ1v) is 9.27. The first-order valence-electron chi connectivity index (χ1n) is 8.47. The predicted molar refractivity (Wildman–Crippen MR) is 105 cm³/mol. The molecule has 0 radical (unpaired) electrons. The summed E-state index contributed by atoms with van der Waals surface area (Å²) in [6.07, 6.45) is 0.915. The van der Waals surface area contributed by atoms with Crippen LogP contribution < -0.4 is 15.4 Å². The lowest BCUT2D eigenvalue weighted by Crippen LogP contribution is -2.30. The molecule has 0 aliphatic rings. The van der Waals surface area contributed by atoms with Crippen molar-refractivity contribution < 1.29 is 14.3 Å². The fourth-order valence-electron chi connectivity index (χ4n) is 2.29. The van der Waals surface area contributed by atoms with Gasteiger partial charge < -0.3 is 15.4 Å². The fourth-order valence-corrected chi connectivity index (χ4v) is 2.55. The smallest absolute Gasteiger partial charge is 0.251 e. The molecular formula is C20H20BrN3O3. The number of amides is 2. The second-order valence-electron chi connectivity index (χ2n) is 5.73. The van der Waals surface area contributed by atoms with Gasteiger partial charge in [0.15, 0.2) is 6.61 Å². The summed E-state index contributed by atoms with van der Waals surface area (Å²) in [5.41, 5.74) is 1.46. The van der Waals surface area contributed by atoms with Gasteiger partial charge in [-0.05, 0) is 48.4 Å². The number of ether oxygens (including phenoxy) is 1. The zero-order valence-corrected chi connectivity index (χ0v) is 16.3. The van der Waals surface area contributed by atoms with Crippen LogP contribution >= 0.6 is 15.9 Å². The van der Waals surface area contributed by atoms with E-state index in [2.05, 4.69) is 26.6 Å². The summed E-state index contributed by atoms with van der Waals surface area (Å²) in [4.78, 5) is 23.9. The Morgan fingerprint density at radius 1 is 1.00 bits per heavy atom. The van der Waals surface area contributed by atoms with Crippen LogP contribution in [-0.2, 0) is 11.2 Å². The van der Waals surface area contributed by atoms with E-state index in [1.165, 1.54) is 0 Å². The van der Waals surface area contributed by atoms with Crippen molar-refractivity contribution in [3.05, 3.63) is 64.1 Å². The van der Waals surface area contributed by atoms with Gasteiger partial charge in [0.2, 0.25) is 5.91 Å². The van der Waals surface area contributed by atoms with Gasteiger partial charge in [0.05, 0.1) is 6.42 Å². The zero-order valence-electron chi connectivity index (χ0n) is 14.7. The van der Waals surface area contributed by atoms with E-state index in [4.69, 9.17) is 10.00 Å². The van der Waals surface area contributed by atoms with E-state index in [9.17, 15) is 9.59 Å². The molecule has 0 aliphatic heterocycles. The van der Waals surface area contributed by atoms with Crippen LogP contribution in [0.4, 0.5) is 0 Å². The molecular weight excluding hydrogens is 410 g/mol. The van der Waals surface area contributed by atoms with Gasteiger partial charge in [0, 0.05) is 23.1 Å². The molecule has 140 valence electrons. The number of halogens is 1. The minimum atomic E-state index is -0.132. The molecule has 2 rings (SSSR count). The van der Waals surface area contributed by atoms with E-state index in [-0.39, 0.29) is 24.8 Å². The molecule has 0 saturated carbocycles. The van der Waals surface area contributed by atoms with Crippen LogP contribution in [0.25, 0.3) is 0 Å². The average Bonchev–Trinajstić information content (AvgIpc) is 2.67. The van der Waals surface area contributed by atoms with Gasteiger partial charge in [-0.3, -0.25) is 9.59 Å². The summed E-state index contributed by atoms with van der Waals surface area (Å²) >= 11 is 3.33. The standard InChI is InChI=1S/C20H20BrN3O3/c21-17-6-4-16(5-7-17)20(26)24-12-1-11-23-19(25)14-15-2-8-18(9-3-15)27-13-10-22/h2-9H,1,11-14H2,(H,23,25)(H,24,26). The minimum Gasteiger partial charge on any atom is -0.479 e. The Hall–Kier alpha value is -2.85. The molecule has 7 heteroatoms. The molecule has 2 amide bonds. The Morgan fingerprint density at radius 3 is 2.33 bits per heavy atom. The van der Waals surface area contributed by atoms with Crippen molar-refractivity contribution in [2.75, 3.05) is 19.7 Å². The number of benzene rings is 2. The van der Waals surface area contributed by atoms with Crippen LogP contribution in [0.5, 0.6) is 5.75 Å². The molecule has 0 unspecified atom stereocenters. The fraction of sp³-hybridized carbons (Fsp3) is 0.250. The van der Waals surface area contributed by atoms with Crippen LogP contribution in [0.3, 0.4) is 0 Å². The highest BCUT2D eigenvalue weighted by molar-refractivity contribution is 9.10. The summed E-state index contributed by atoms with van der Waals surface area (Å²) in [6.45, 7) is 0.973. The van der Waals surface area contributed by atoms with E-state index < -0.39 is 0 Å². The normalized spacial score (nSPS) is 9.93. The van der Waals surface area contributed by atoms with Gasteiger partial charge in [-0.1, -0.05) is 28.1 Å². The van der Waals surface area contributed by atoms with E-state index in [0.29, 0.717) is 30.8 Å². The molecule has 0 fully saturated rings. The van der Waals surface area contributed by atoms with Crippen molar-refractivity contribution in [2.45, 2.75) is 12.8 Å². The molecule has 0 heterocycles. The largest absolute Gasteiger partial charge is 0.479 e. The zero-order chi connectivity index (χ0) is 19.5. The Balaban J connectivity index is 1.62. The van der Waals surface area contributed by atoms with E-state index in [0.717, 1.165) is 10.0 Å². The second-order valence-corrected chi connectivity index (χ2v) is 6.65. The lowest BCUT2D eigenvalue weighted by molar-refractivity contribution is -0.120. The lowest BCUT2D eigenvalue weighted by Gasteiger charge is -2.08. The van der Waals surface area contributed by atoms with Crippen molar-refractivity contribution in [1.82, 2.24) is 10.6 Å². The number of carbonyl (C=O) groups excluding carboxylic acids is 2. The number of nitriles is 1. The number of rotatable bonds is 9. The first-order chi connectivity index (χ1) is 13.1. The molecule has 2 aromatic rings. The monoisotopic (exact) mass is 429 g/mol. The molecule has 0 aromatic heterocycles. The van der Waals surface area contributed by atoms with E-state index in [1.807, 2.05) is 18.2 Å². The third-order valence-electron chi connectivity index (χ3n) is 3.66. The Kier molecular flexibility index (Phi) is 8.33. The van der Waals surface area contributed by atoms with Gasteiger partial charge in [0.25, 0.3) is 5.91 Å². The third-order valence-corrected chi connectivity index (χ3v) is 4.19. The number of nitrogens with zero attached hydrogens (tertiary/aromatic N) is 1. The highest BCUT2D eigenvalue weighted by Gasteiger charge is 2.05. The lowest BCUT2D eigenvalue weighted by atomic mass is 10.1. The van der Waals surface area contributed by atoms with Crippen LogP contribution in [0, 0.1) is 11.3 Å². The molecule has 0 aliphatic carbocycles. The summed E-state index contributed by atoms with van der Waals surface area (Å²) in [5.74, 6) is 0.384. The number of hydrogen-bond acceptors (Lipinski definition) is 4. The summed E-state index contributed by atoms with van der Waals surface area (Å²) in [7, 11) is 0. The van der Waals surface area contributed by atoms with Crippen molar-refractivity contribution in [1.29, 1.82) is 5.26 Å². The maximum absolute atomic E-state index is 11.9. The van der Waals surface area contributed by atoms with Gasteiger partial charge in [-0.25, -0.2) is 0 Å². The van der Waals surface area contributed by atoms with Gasteiger partial charge >= 0.3 is 0 Å². The maximum atomic E-state index is 11.9. The molecule has 6 nitrogen and oxygen atoms in total. The van der Waals surface area contributed by atoms with Crippen LogP contribution in [0.2, 0.25) is 0 Å². The van der Waals surface area contributed by atoms with Gasteiger partial charge in [-0.2, -0.15) is 5.26 Å². The van der Waals surface area contributed by atoms with Crippen LogP contribution in [0.15, 0.2) is 53.0 Å². The van der Waals surface area contributed by atoms with Gasteiger partial charge in [0.1, 0.15) is 11.8 Å². The van der Waals surface area contributed by atoms with Crippen LogP contribution in [-0.4, -0.2) is 31.5 Å². The van der Waals surface area contributed by atoms with Crippen molar-refractivity contribution in [3.63, 3.8) is 0 Å². The SMILES string of the molecule is N#CCOc1ccc(CC(=O)NCCCNC(=O)c2ccc(Br)cc2)cc1. The quantitative estimate of drug-likeness (QED) is 0.599. The molecule has 0 spiro atoms. The van der Waals surface area contributed by atoms with Crippen molar-refractivity contribution >= 4 is 27.7 Å². The maximum Gasteiger partial charge on any atom is 0.251 e. The topological polar surface area (TPSA) is 91.2 Å². The molecule has 0 atom stereocenters. The van der Waals surface area contributed by atoms with Crippen molar-refractivity contribution in [3.8, 4) is 11.8 Å². The summed E-state index contributed by atoms with van der Waals surface area (Å²) in [5, 5.41) is 14.1. The first kappa shape index (κ1) is 20.5. The highest BCUT2D eigenvalue weighted by atomic mass is 79.9. The number of hydrogen-bond donors (Lipinski definition) is 2.